The molecule has 0 atom stereocenters. The van der Waals surface area contributed by atoms with Crippen LogP contribution in [0.3, 0.4) is 0 Å². The second kappa shape index (κ2) is 21.1. The van der Waals surface area contributed by atoms with Gasteiger partial charge in [0.15, 0.2) is 0 Å². The molecule has 1 aromatic heterocycles. The fourth-order valence-electron chi connectivity index (χ4n) is 9.99. The molecule has 0 saturated carbocycles. The molecular formula is C63H58N2O2S. The Hall–Kier alpha value is -7.26. The number of hydrogen-bond donors (Lipinski definition) is 1. The number of aliphatic carboxylic acids is 1. The topological polar surface area (TPSA) is 64.3 Å². The lowest BCUT2D eigenvalue weighted by molar-refractivity contribution is -0.132. The van der Waals surface area contributed by atoms with Gasteiger partial charge in [0.1, 0.15) is 11.6 Å². The minimum atomic E-state index is -1.23. The Labute approximate surface area is 406 Å². The van der Waals surface area contributed by atoms with E-state index in [1.165, 1.54) is 112 Å². The summed E-state index contributed by atoms with van der Waals surface area (Å²) in [6.07, 6.45) is 13.4. The molecule has 5 heteroatoms. The summed E-state index contributed by atoms with van der Waals surface area (Å²) in [4.78, 5) is 16.4. The number of fused-ring (bicyclic) bond motifs is 3. The first-order valence-electron chi connectivity index (χ1n) is 24.4. The van der Waals surface area contributed by atoms with E-state index in [2.05, 4.69) is 176 Å². The van der Waals surface area contributed by atoms with Crippen molar-refractivity contribution in [2.45, 2.75) is 83.5 Å². The predicted octanol–water partition coefficient (Wildman–Crippen LogP) is 17.2. The van der Waals surface area contributed by atoms with Crippen molar-refractivity contribution < 1.29 is 9.90 Å². The van der Waals surface area contributed by atoms with E-state index < -0.39 is 11.4 Å². The molecule has 1 N–H and O–H groups in total. The Morgan fingerprint density at radius 2 is 1.09 bits per heavy atom. The Kier molecular flexibility index (Phi) is 14.3. The van der Waals surface area contributed by atoms with Gasteiger partial charge in [0.2, 0.25) is 0 Å². The minimum Gasteiger partial charge on any atom is -0.477 e. The number of unbranched alkanes of at least 4 members (excludes halogenated alkanes) is 6. The number of aryl methyl sites for hydroxylation is 2. The molecule has 1 aliphatic rings. The summed E-state index contributed by atoms with van der Waals surface area (Å²) in [6, 6.07) is 68.2. The second-order valence-electron chi connectivity index (χ2n) is 18.0. The van der Waals surface area contributed by atoms with Crippen molar-refractivity contribution >= 4 is 40.4 Å². The number of carboxylic acids is 1. The van der Waals surface area contributed by atoms with Crippen LogP contribution in [0, 0.1) is 11.3 Å². The highest BCUT2D eigenvalue weighted by molar-refractivity contribution is 7.19. The van der Waals surface area contributed by atoms with Crippen molar-refractivity contribution in [3.05, 3.63) is 227 Å². The first kappa shape index (κ1) is 45.9. The number of rotatable bonds is 19. The number of nitrogens with zero attached hydrogens (tertiary/aromatic N) is 2. The smallest absolute Gasteiger partial charge is 0.346 e. The number of nitriles is 1. The molecule has 1 aliphatic carbocycles. The summed E-state index contributed by atoms with van der Waals surface area (Å²) < 4.78 is 0. The lowest BCUT2D eigenvalue weighted by Crippen LogP contribution is -2.28. The third-order valence-corrected chi connectivity index (χ3v) is 14.8. The van der Waals surface area contributed by atoms with Gasteiger partial charge in [-0.3, -0.25) is 0 Å². The van der Waals surface area contributed by atoms with Crippen molar-refractivity contribution in [2.75, 3.05) is 4.90 Å². The number of carboxylic acid groups (broad SMARTS) is 1. The average Bonchev–Trinajstić information content (AvgIpc) is 3.94. The van der Waals surface area contributed by atoms with Gasteiger partial charge in [-0.15, -0.1) is 11.3 Å². The number of para-hydroxylation sites is 2. The summed E-state index contributed by atoms with van der Waals surface area (Å²) in [5.74, 6) is -1.23. The lowest BCUT2D eigenvalue weighted by atomic mass is 9.67. The van der Waals surface area contributed by atoms with Gasteiger partial charge in [0.05, 0.1) is 5.41 Å². The van der Waals surface area contributed by atoms with Crippen LogP contribution in [0.4, 0.5) is 17.1 Å². The van der Waals surface area contributed by atoms with Gasteiger partial charge in [-0.25, -0.2) is 4.79 Å². The summed E-state index contributed by atoms with van der Waals surface area (Å²) in [6.45, 7) is 4.53. The monoisotopic (exact) mass is 906 g/mol. The first-order valence-corrected chi connectivity index (χ1v) is 25.2. The predicted molar refractivity (Wildman–Crippen MR) is 284 cm³/mol. The van der Waals surface area contributed by atoms with Gasteiger partial charge in [0.25, 0.3) is 0 Å². The third-order valence-electron chi connectivity index (χ3n) is 13.6. The molecule has 0 radical (unpaired) electrons. The molecule has 0 spiro atoms. The molecule has 1 heterocycles. The summed E-state index contributed by atoms with van der Waals surface area (Å²) in [5, 5.41) is 18.9. The maximum atomic E-state index is 11.6. The Balaban J connectivity index is 1.18. The zero-order valence-corrected chi connectivity index (χ0v) is 39.9. The van der Waals surface area contributed by atoms with Crippen molar-refractivity contribution in [1.29, 1.82) is 5.26 Å². The summed E-state index contributed by atoms with van der Waals surface area (Å²) in [7, 11) is 0. The standard InChI is InChI=1S/C63H58N2O2S/c1-3-5-7-11-17-45-25-34-52(35-26-45)63(53-36-27-46(28-37-53)18-12-8-6-4-2)58-42-50(48-29-23-47(24-30-48)41-51(44-64)62(66)67)33-40-57(58)61-59(63)43-60(68-61)49-31-38-56(39-32-49)65(54-19-13-9-14-20-54)55-21-15-10-16-22-55/h9-10,13-16,19-43H,3-8,11-12,17-18H2,1-2H3,(H,66,67)/b51-41-. The molecule has 338 valence electrons. The van der Waals surface area contributed by atoms with Crippen molar-refractivity contribution in [1.82, 2.24) is 0 Å². The third kappa shape index (κ3) is 9.48. The van der Waals surface area contributed by atoms with Crippen LogP contribution in [0.1, 0.15) is 104 Å². The van der Waals surface area contributed by atoms with Crippen molar-refractivity contribution in [3.63, 3.8) is 0 Å². The van der Waals surface area contributed by atoms with Gasteiger partial charge in [-0.2, -0.15) is 5.26 Å². The fraction of sp³-hybridized carbons (Fsp3) is 0.206. The van der Waals surface area contributed by atoms with E-state index in [1.54, 1.807) is 6.07 Å². The Morgan fingerprint density at radius 3 is 1.60 bits per heavy atom. The van der Waals surface area contributed by atoms with Crippen LogP contribution in [0.5, 0.6) is 0 Å². The SMILES string of the molecule is CCCCCCc1ccc(C2(c3ccc(CCCCCC)cc3)c3cc(-c4ccc(/C=C(/C#N)C(=O)O)cc4)ccc3-c3sc(-c4ccc(N(c5ccccc5)c5ccccc5)cc4)cc32)cc1. The minimum absolute atomic E-state index is 0.290. The van der Waals surface area contributed by atoms with E-state index in [0.717, 1.165) is 41.0 Å². The quantitative estimate of drug-likeness (QED) is 0.0499. The number of hydrogen-bond acceptors (Lipinski definition) is 4. The average molecular weight is 907 g/mol. The number of anilines is 3. The van der Waals surface area contributed by atoms with Crippen LogP contribution in [0.25, 0.3) is 38.1 Å². The first-order chi connectivity index (χ1) is 33.4. The summed E-state index contributed by atoms with van der Waals surface area (Å²) >= 11 is 1.87. The molecule has 4 nitrogen and oxygen atoms in total. The Bertz CT molecular complexity index is 2940. The van der Waals surface area contributed by atoms with Crippen LogP contribution in [-0.4, -0.2) is 11.1 Å². The molecular weight excluding hydrogens is 849 g/mol. The largest absolute Gasteiger partial charge is 0.477 e. The summed E-state index contributed by atoms with van der Waals surface area (Å²) in [5.41, 5.74) is 15.4. The number of carbonyl (C=O) groups is 1. The number of thiophene rings is 1. The van der Waals surface area contributed by atoms with Gasteiger partial charge < -0.3 is 10.0 Å². The zero-order chi connectivity index (χ0) is 46.9. The zero-order valence-electron chi connectivity index (χ0n) is 39.1. The molecule has 68 heavy (non-hydrogen) atoms. The van der Waals surface area contributed by atoms with Crippen molar-refractivity contribution in [2.24, 2.45) is 0 Å². The van der Waals surface area contributed by atoms with Gasteiger partial charge in [0, 0.05) is 26.8 Å². The molecule has 0 aliphatic heterocycles. The molecule has 0 unspecified atom stereocenters. The van der Waals surface area contributed by atoms with Crippen LogP contribution in [0.2, 0.25) is 0 Å². The maximum absolute atomic E-state index is 11.6. The molecule has 0 fully saturated rings. The lowest BCUT2D eigenvalue weighted by Gasteiger charge is -2.34. The fourth-order valence-corrected chi connectivity index (χ4v) is 11.2. The number of benzene rings is 7. The van der Waals surface area contributed by atoms with E-state index in [0.29, 0.717) is 5.56 Å². The molecule has 8 aromatic rings. The normalized spacial score (nSPS) is 12.6. The highest BCUT2D eigenvalue weighted by atomic mass is 32.1. The Morgan fingerprint density at radius 1 is 0.574 bits per heavy atom. The molecule has 9 rings (SSSR count). The van der Waals surface area contributed by atoms with E-state index >= 15 is 0 Å². The van der Waals surface area contributed by atoms with Gasteiger partial charge >= 0.3 is 5.97 Å². The molecule has 7 aromatic carbocycles. The second-order valence-corrected chi connectivity index (χ2v) is 19.1. The molecule has 0 bridgehead atoms. The highest BCUT2D eigenvalue weighted by Gasteiger charge is 2.48. The van der Waals surface area contributed by atoms with Crippen LogP contribution in [-0.2, 0) is 23.1 Å². The van der Waals surface area contributed by atoms with Crippen LogP contribution in [0.15, 0.2) is 188 Å². The van der Waals surface area contributed by atoms with Gasteiger partial charge in [-0.05, 0) is 141 Å². The molecule has 0 amide bonds. The van der Waals surface area contributed by atoms with Gasteiger partial charge in [-0.1, -0.05) is 186 Å². The van der Waals surface area contributed by atoms with Crippen molar-refractivity contribution in [3.8, 4) is 38.1 Å². The maximum Gasteiger partial charge on any atom is 0.346 e. The van der Waals surface area contributed by atoms with Crippen LogP contribution >= 0.6 is 11.3 Å². The van der Waals surface area contributed by atoms with E-state index in [1.807, 2.05) is 35.6 Å². The van der Waals surface area contributed by atoms with Crippen LogP contribution < -0.4 is 4.90 Å². The van der Waals surface area contributed by atoms with E-state index in [9.17, 15) is 15.2 Å². The van der Waals surface area contributed by atoms with E-state index in [4.69, 9.17) is 0 Å². The molecule has 0 saturated heterocycles. The van der Waals surface area contributed by atoms with E-state index in [-0.39, 0.29) is 5.57 Å². The highest BCUT2D eigenvalue weighted by Crippen LogP contribution is 2.60.